The molecule has 0 amide bonds. The lowest BCUT2D eigenvalue weighted by molar-refractivity contribution is -0.198. The van der Waals surface area contributed by atoms with Crippen LogP contribution in [0.4, 0.5) is 0 Å². The lowest BCUT2D eigenvalue weighted by Crippen LogP contribution is -2.71. The Labute approximate surface area is 158 Å². The van der Waals surface area contributed by atoms with Gasteiger partial charge in [0, 0.05) is 5.56 Å². The largest absolute Gasteiger partial charge is 0.464 e. The second-order valence-corrected chi connectivity index (χ2v) is 6.64. The molecule has 1 saturated carbocycles. The van der Waals surface area contributed by atoms with Crippen molar-refractivity contribution >= 4 is 11.9 Å². The Bertz CT molecular complexity index is 706. The van der Waals surface area contributed by atoms with E-state index in [-0.39, 0.29) is 26.1 Å². The topological polar surface area (TPSA) is 119 Å². The van der Waals surface area contributed by atoms with E-state index in [1.807, 2.05) is 0 Å². The van der Waals surface area contributed by atoms with Crippen molar-refractivity contribution in [2.75, 3.05) is 13.2 Å². The minimum absolute atomic E-state index is 0.0211. The summed E-state index contributed by atoms with van der Waals surface area (Å²) in [6.07, 6.45) is 5.15. The zero-order valence-corrected chi connectivity index (χ0v) is 15.5. The van der Waals surface area contributed by atoms with Crippen molar-refractivity contribution in [1.29, 1.82) is 0 Å². The van der Waals surface area contributed by atoms with Gasteiger partial charge < -0.3 is 25.4 Å². The second-order valence-electron chi connectivity index (χ2n) is 6.64. The number of hydrogen-bond donors (Lipinski definition) is 3. The van der Waals surface area contributed by atoms with Crippen LogP contribution in [0.25, 0.3) is 0 Å². The number of carbonyl (C=O) groups excluding carboxylic acids is 2. The Morgan fingerprint density at radius 3 is 1.93 bits per heavy atom. The number of hydrogen-bond acceptors (Lipinski definition) is 7. The highest BCUT2D eigenvalue weighted by Gasteiger charge is 2.62. The van der Waals surface area contributed by atoms with Crippen molar-refractivity contribution in [3.8, 4) is 12.3 Å². The average molecular weight is 375 g/mol. The fourth-order valence-corrected chi connectivity index (χ4v) is 3.49. The van der Waals surface area contributed by atoms with Crippen molar-refractivity contribution in [3.63, 3.8) is 0 Å². The molecule has 4 atom stereocenters. The summed E-state index contributed by atoms with van der Waals surface area (Å²) in [4.78, 5) is 24.9. The third-order valence-corrected chi connectivity index (χ3v) is 4.95. The van der Waals surface area contributed by atoms with Gasteiger partial charge in [0.05, 0.1) is 19.3 Å². The molecule has 0 aliphatic heterocycles. The van der Waals surface area contributed by atoms with Gasteiger partial charge in [0.25, 0.3) is 0 Å². The molecule has 0 aromatic heterocycles. The number of ether oxygens (including phenoxy) is 2. The van der Waals surface area contributed by atoms with Crippen LogP contribution >= 0.6 is 0 Å². The average Bonchev–Trinajstić information content (AvgIpc) is 2.66. The number of carbonyl (C=O) groups is 2. The predicted octanol–water partition coefficient (Wildman–Crippen LogP) is 0.461. The Balaban J connectivity index is 2.48. The van der Waals surface area contributed by atoms with Gasteiger partial charge in [0.1, 0.15) is 0 Å². The van der Waals surface area contributed by atoms with Crippen LogP contribution in [0.5, 0.6) is 0 Å². The lowest BCUT2D eigenvalue weighted by Gasteiger charge is -2.47. The molecule has 1 aliphatic carbocycles. The molecule has 1 aromatic rings. The van der Waals surface area contributed by atoms with Crippen LogP contribution in [-0.4, -0.2) is 52.6 Å². The van der Waals surface area contributed by atoms with Gasteiger partial charge >= 0.3 is 11.9 Å². The van der Waals surface area contributed by atoms with E-state index < -0.39 is 35.1 Å². The van der Waals surface area contributed by atoms with E-state index in [0.717, 1.165) is 0 Å². The molecule has 0 heterocycles. The van der Waals surface area contributed by atoms with Gasteiger partial charge in [-0.15, -0.1) is 6.42 Å². The van der Waals surface area contributed by atoms with Gasteiger partial charge in [0.2, 0.25) is 0 Å². The number of nitrogens with two attached hydrogens (primary N) is 1. The number of benzene rings is 1. The third kappa shape index (κ3) is 3.83. The molecule has 7 nitrogen and oxygen atoms in total. The Hall–Kier alpha value is -2.40. The molecule has 0 radical (unpaired) electrons. The van der Waals surface area contributed by atoms with Crippen molar-refractivity contribution in [1.82, 2.24) is 0 Å². The van der Waals surface area contributed by atoms with Crippen LogP contribution in [0.2, 0.25) is 0 Å². The Kier molecular flexibility index (Phi) is 6.26. The summed E-state index contributed by atoms with van der Waals surface area (Å²) < 4.78 is 9.90. The first kappa shape index (κ1) is 20.9. The molecule has 1 aromatic carbocycles. The van der Waals surface area contributed by atoms with E-state index >= 15 is 0 Å². The van der Waals surface area contributed by atoms with E-state index in [9.17, 15) is 19.8 Å². The predicted molar refractivity (Wildman–Crippen MR) is 97.5 cm³/mol. The highest BCUT2D eigenvalue weighted by atomic mass is 16.6. The first-order valence-electron chi connectivity index (χ1n) is 8.84. The van der Waals surface area contributed by atoms with Gasteiger partial charge in [0.15, 0.2) is 11.2 Å². The molecule has 2 rings (SSSR count). The fraction of sp³-hybridized carbons (Fsp3) is 0.500. The molecule has 0 spiro atoms. The number of esters is 2. The number of terminal acetylenes is 1. The van der Waals surface area contributed by atoms with Gasteiger partial charge in [-0.2, -0.15) is 0 Å². The first-order chi connectivity index (χ1) is 12.7. The second kappa shape index (κ2) is 8.09. The van der Waals surface area contributed by atoms with E-state index in [1.54, 1.807) is 38.1 Å². The van der Waals surface area contributed by atoms with E-state index in [2.05, 4.69) is 5.92 Å². The summed E-state index contributed by atoms with van der Waals surface area (Å²) in [6.45, 7) is 3.22. The summed E-state index contributed by atoms with van der Waals surface area (Å²) in [5.41, 5.74) is 2.88. The summed E-state index contributed by atoms with van der Waals surface area (Å²) in [6, 6.07) is 5.28. The third-order valence-electron chi connectivity index (χ3n) is 4.95. The van der Waals surface area contributed by atoms with Gasteiger partial charge in [-0.3, -0.25) is 0 Å². The molecule has 0 unspecified atom stereocenters. The Morgan fingerprint density at radius 1 is 1.11 bits per heavy atom. The Morgan fingerprint density at radius 2 is 1.56 bits per heavy atom. The standard InChI is InChI=1S/C20H25NO6/c1-4-13-7-9-14(10-8-13)15-11-19(24,17(22)26-5-2)16(21)20(25,12-15)18(23)27-6-3/h1,7-10,15-16,24-25H,5-6,11-12,21H2,2-3H3/t15-,16-,19-,20+. The maximum absolute atomic E-state index is 12.4. The van der Waals surface area contributed by atoms with Gasteiger partial charge in [-0.05, 0) is 50.3 Å². The van der Waals surface area contributed by atoms with E-state index in [0.29, 0.717) is 11.1 Å². The van der Waals surface area contributed by atoms with Gasteiger partial charge in [-0.25, -0.2) is 9.59 Å². The van der Waals surface area contributed by atoms with Crippen molar-refractivity contribution in [2.24, 2.45) is 5.73 Å². The van der Waals surface area contributed by atoms with Gasteiger partial charge in [-0.1, -0.05) is 18.1 Å². The summed E-state index contributed by atoms with van der Waals surface area (Å²) >= 11 is 0. The minimum Gasteiger partial charge on any atom is -0.464 e. The summed E-state index contributed by atoms with van der Waals surface area (Å²) in [7, 11) is 0. The van der Waals surface area contributed by atoms with Crippen molar-refractivity contribution in [2.45, 2.75) is 49.9 Å². The smallest absolute Gasteiger partial charge is 0.339 e. The van der Waals surface area contributed by atoms with Crippen LogP contribution in [0.3, 0.4) is 0 Å². The van der Waals surface area contributed by atoms with Crippen LogP contribution in [0, 0.1) is 12.3 Å². The molecular formula is C20H25NO6. The maximum Gasteiger partial charge on any atom is 0.339 e. The zero-order chi connectivity index (χ0) is 20.2. The number of aliphatic hydroxyl groups is 2. The van der Waals surface area contributed by atoms with Crippen LogP contribution in [-0.2, 0) is 19.1 Å². The normalized spacial score (nSPS) is 30.2. The van der Waals surface area contributed by atoms with E-state index in [4.69, 9.17) is 21.6 Å². The number of rotatable bonds is 5. The molecule has 0 bridgehead atoms. The summed E-state index contributed by atoms with van der Waals surface area (Å²) in [5.74, 6) is -0.00432. The molecule has 7 heteroatoms. The SMILES string of the molecule is C#Cc1ccc([C@H]2C[C@@](O)(C(=O)OCC)[C@H](N)[C@@](O)(C(=O)OCC)C2)cc1. The van der Waals surface area contributed by atoms with Crippen LogP contribution in [0.1, 0.15) is 43.7 Å². The fourth-order valence-electron chi connectivity index (χ4n) is 3.49. The molecule has 4 N–H and O–H groups in total. The van der Waals surface area contributed by atoms with Crippen molar-refractivity contribution < 1.29 is 29.3 Å². The van der Waals surface area contributed by atoms with Crippen molar-refractivity contribution in [3.05, 3.63) is 35.4 Å². The molecule has 0 saturated heterocycles. The molecule has 1 aliphatic rings. The monoisotopic (exact) mass is 375 g/mol. The molecular weight excluding hydrogens is 350 g/mol. The van der Waals surface area contributed by atoms with E-state index in [1.165, 1.54) is 0 Å². The van der Waals surface area contributed by atoms with Crippen LogP contribution < -0.4 is 5.73 Å². The quantitative estimate of drug-likeness (QED) is 0.505. The zero-order valence-electron chi connectivity index (χ0n) is 15.5. The molecule has 27 heavy (non-hydrogen) atoms. The highest BCUT2D eigenvalue weighted by molar-refractivity contribution is 5.87. The molecule has 146 valence electrons. The minimum atomic E-state index is -2.24. The first-order valence-corrected chi connectivity index (χ1v) is 8.84. The van der Waals surface area contributed by atoms with Crippen LogP contribution in [0.15, 0.2) is 24.3 Å². The lowest BCUT2D eigenvalue weighted by atomic mass is 9.64. The highest BCUT2D eigenvalue weighted by Crippen LogP contribution is 2.44. The summed E-state index contributed by atoms with van der Waals surface area (Å²) in [5, 5.41) is 22.0. The molecule has 1 fully saturated rings. The maximum atomic E-state index is 12.4.